The molecule has 0 saturated carbocycles. The van der Waals surface area contributed by atoms with Crippen LogP contribution in [0.1, 0.15) is 23.6 Å². The van der Waals surface area contributed by atoms with Crippen molar-refractivity contribution >= 4 is 11.6 Å². The van der Waals surface area contributed by atoms with Crippen LogP contribution in [0, 0.1) is 12.7 Å². The molecule has 2 aromatic carbocycles. The SMILES string of the molecule is Cc1ccc(F)cc1NC(=O)C(C)N(C)Cc1ccccc1C(F)(F)F. The summed E-state index contributed by atoms with van der Waals surface area (Å²) in [5.74, 6) is -0.906. The molecule has 1 unspecified atom stereocenters. The van der Waals surface area contributed by atoms with Crippen LogP contribution in [0.15, 0.2) is 42.5 Å². The lowest BCUT2D eigenvalue weighted by molar-refractivity contribution is -0.138. The van der Waals surface area contributed by atoms with Crippen LogP contribution in [-0.4, -0.2) is 23.9 Å². The zero-order valence-corrected chi connectivity index (χ0v) is 14.7. The predicted molar refractivity (Wildman–Crippen MR) is 92.1 cm³/mol. The summed E-state index contributed by atoms with van der Waals surface area (Å²) in [5, 5.41) is 2.62. The molecule has 0 radical (unpaired) electrons. The van der Waals surface area contributed by atoms with Crippen LogP contribution in [0.3, 0.4) is 0 Å². The van der Waals surface area contributed by atoms with Gasteiger partial charge < -0.3 is 5.32 Å². The molecule has 2 aromatic rings. The Balaban J connectivity index is 2.11. The molecule has 0 aliphatic carbocycles. The summed E-state index contributed by atoms with van der Waals surface area (Å²) in [6, 6.07) is 8.59. The third kappa shape index (κ3) is 4.82. The molecular formula is C19H20F4N2O. The van der Waals surface area contributed by atoms with E-state index in [1.807, 2.05) is 0 Å². The number of aryl methyl sites for hydroxylation is 1. The molecule has 0 heterocycles. The maximum Gasteiger partial charge on any atom is 0.416 e. The maximum atomic E-state index is 13.3. The lowest BCUT2D eigenvalue weighted by Crippen LogP contribution is -2.39. The van der Waals surface area contributed by atoms with E-state index >= 15 is 0 Å². The number of halogens is 4. The number of benzene rings is 2. The monoisotopic (exact) mass is 368 g/mol. The minimum Gasteiger partial charge on any atom is -0.324 e. The highest BCUT2D eigenvalue weighted by Gasteiger charge is 2.33. The Morgan fingerprint density at radius 3 is 2.50 bits per heavy atom. The predicted octanol–water partition coefficient (Wildman–Crippen LogP) is 4.61. The maximum absolute atomic E-state index is 13.3. The Hall–Kier alpha value is -2.41. The number of anilines is 1. The van der Waals surface area contributed by atoms with Crippen LogP contribution in [-0.2, 0) is 17.5 Å². The second-order valence-corrected chi connectivity index (χ2v) is 6.19. The Labute approximate surface area is 149 Å². The Morgan fingerprint density at radius 2 is 1.85 bits per heavy atom. The zero-order chi connectivity index (χ0) is 19.5. The molecule has 3 nitrogen and oxygen atoms in total. The molecule has 1 atom stereocenters. The fraction of sp³-hybridized carbons (Fsp3) is 0.316. The molecule has 0 saturated heterocycles. The molecule has 7 heteroatoms. The van der Waals surface area contributed by atoms with E-state index in [1.165, 1.54) is 35.2 Å². The highest BCUT2D eigenvalue weighted by atomic mass is 19.4. The number of nitrogens with zero attached hydrogens (tertiary/aromatic N) is 1. The van der Waals surface area contributed by atoms with Crippen LogP contribution in [0.4, 0.5) is 23.2 Å². The van der Waals surface area contributed by atoms with Gasteiger partial charge in [-0.25, -0.2) is 4.39 Å². The van der Waals surface area contributed by atoms with Crippen molar-refractivity contribution in [3.63, 3.8) is 0 Å². The molecule has 2 rings (SSSR count). The van der Waals surface area contributed by atoms with E-state index in [1.54, 1.807) is 27.0 Å². The number of hydrogen-bond donors (Lipinski definition) is 1. The van der Waals surface area contributed by atoms with Gasteiger partial charge in [-0.15, -0.1) is 0 Å². The van der Waals surface area contributed by atoms with Crippen molar-refractivity contribution in [2.45, 2.75) is 32.6 Å². The minimum atomic E-state index is -4.46. The fourth-order valence-corrected chi connectivity index (χ4v) is 2.51. The van der Waals surface area contributed by atoms with Crippen LogP contribution >= 0.6 is 0 Å². The summed E-state index contributed by atoms with van der Waals surface area (Å²) in [5.41, 5.74) is 0.396. The highest BCUT2D eigenvalue weighted by Crippen LogP contribution is 2.32. The van der Waals surface area contributed by atoms with E-state index in [2.05, 4.69) is 5.32 Å². The second-order valence-electron chi connectivity index (χ2n) is 6.19. The molecule has 140 valence electrons. The number of carbonyl (C=O) groups excluding carboxylic acids is 1. The molecule has 0 spiro atoms. The smallest absolute Gasteiger partial charge is 0.324 e. The molecule has 0 bridgehead atoms. The van der Waals surface area contributed by atoms with Crippen molar-refractivity contribution in [2.75, 3.05) is 12.4 Å². The van der Waals surface area contributed by atoms with Crippen molar-refractivity contribution < 1.29 is 22.4 Å². The fourth-order valence-electron chi connectivity index (χ4n) is 2.51. The van der Waals surface area contributed by atoms with Gasteiger partial charge in [0.2, 0.25) is 5.91 Å². The summed E-state index contributed by atoms with van der Waals surface area (Å²) in [7, 11) is 1.57. The first kappa shape index (κ1) is 19.9. The highest BCUT2D eigenvalue weighted by molar-refractivity contribution is 5.95. The van der Waals surface area contributed by atoms with Gasteiger partial charge in [-0.05, 0) is 50.2 Å². The van der Waals surface area contributed by atoms with E-state index in [-0.39, 0.29) is 12.1 Å². The van der Waals surface area contributed by atoms with E-state index < -0.39 is 29.5 Å². The minimum absolute atomic E-state index is 0.0492. The van der Waals surface area contributed by atoms with Gasteiger partial charge in [0, 0.05) is 12.2 Å². The van der Waals surface area contributed by atoms with Gasteiger partial charge in [0.05, 0.1) is 11.6 Å². The summed E-state index contributed by atoms with van der Waals surface area (Å²) < 4.78 is 52.6. The third-order valence-corrected chi connectivity index (χ3v) is 4.24. The van der Waals surface area contributed by atoms with E-state index in [9.17, 15) is 22.4 Å². The Bertz CT molecular complexity index is 789. The molecule has 0 aliphatic rings. The van der Waals surface area contributed by atoms with Gasteiger partial charge in [-0.3, -0.25) is 9.69 Å². The quantitative estimate of drug-likeness (QED) is 0.782. The van der Waals surface area contributed by atoms with Crippen molar-refractivity contribution in [2.24, 2.45) is 0 Å². The van der Waals surface area contributed by atoms with Crippen LogP contribution in [0.5, 0.6) is 0 Å². The van der Waals surface area contributed by atoms with Crippen LogP contribution in [0.25, 0.3) is 0 Å². The zero-order valence-electron chi connectivity index (χ0n) is 14.7. The normalized spacial score (nSPS) is 12.9. The Kier molecular flexibility index (Phi) is 6.02. The molecular weight excluding hydrogens is 348 g/mol. The van der Waals surface area contributed by atoms with Gasteiger partial charge in [-0.2, -0.15) is 13.2 Å². The topological polar surface area (TPSA) is 32.3 Å². The summed E-state index contributed by atoms with van der Waals surface area (Å²) in [6.07, 6.45) is -4.46. The van der Waals surface area contributed by atoms with Crippen LogP contribution in [0.2, 0.25) is 0 Å². The number of hydrogen-bond acceptors (Lipinski definition) is 2. The van der Waals surface area contributed by atoms with E-state index in [0.717, 1.165) is 6.07 Å². The standard InChI is InChI=1S/C19H20F4N2O/c1-12-8-9-15(20)10-17(12)24-18(26)13(2)25(3)11-14-6-4-5-7-16(14)19(21,22)23/h4-10,13H,11H2,1-3H3,(H,24,26). The Morgan fingerprint density at radius 1 is 1.19 bits per heavy atom. The van der Waals surface area contributed by atoms with Gasteiger partial charge in [0.1, 0.15) is 5.82 Å². The van der Waals surface area contributed by atoms with E-state index in [0.29, 0.717) is 11.3 Å². The lowest BCUT2D eigenvalue weighted by atomic mass is 10.1. The molecule has 0 aliphatic heterocycles. The first-order valence-electron chi connectivity index (χ1n) is 8.02. The number of likely N-dealkylation sites (N-methyl/N-ethyl adjacent to an activating group) is 1. The third-order valence-electron chi connectivity index (χ3n) is 4.24. The van der Waals surface area contributed by atoms with Crippen molar-refractivity contribution in [3.8, 4) is 0 Å². The van der Waals surface area contributed by atoms with Crippen molar-refractivity contribution in [3.05, 3.63) is 65.0 Å². The average Bonchev–Trinajstić information content (AvgIpc) is 2.56. The number of carbonyl (C=O) groups is 1. The number of rotatable bonds is 5. The molecule has 1 N–H and O–H groups in total. The number of amides is 1. The summed E-state index contributed by atoms with van der Waals surface area (Å²) in [4.78, 5) is 13.9. The first-order valence-corrected chi connectivity index (χ1v) is 8.02. The molecule has 26 heavy (non-hydrogen) atoms. The largest absolute Gasteiger partial charge is 0.416 e. The van der Waals surface area contributed by atoms with E-state index in [4.69, 9.17) is 0 Å². The van der Waals surface area contributed by atoms with Gasteiger partial charge >= 0.3 is 6.18 Å². The molecule has 0 fully saturated rings. The van der Waals surface area contributed by atoms with Crippen molar-refractivity contribution in [1.82, 2.24) is 4.90 Å². The number of alkyl halides is 3. The van der Waals surface area contributed by atoms with Gasteiger partial charge in [-0.1, -0.05) is 24.3 Å². The summed E-state index contributed by atoms with van der Waals surface area (Å²) >= 11 is 0. The molecule has 1 amide bonds. The molecule has 0 aromatic heterocycles. The first-order chi connectivity index (χ1) is 12.1. The van der Waals surface area contributed by atoms with Crippen LogP contribution < -0.4 is 5.32 Å². The number of nitrogens with one attached hydrogen (secondary N) is 1. The lowest BCUT2D eigenvalue weighted by Gasteiger charge is -2.25. The second kappa shape index (κ2) is 7.86. The van der Waals surface area contributed by atoms with Gasteiger partial charge in [0.25, 0.3) is 0 Å². The van der Waals surface area contributed by atoms with Crippen molar-refractivity contribution in [1.29, 1.82) is 0 Å². The van der Waals surface area contributed by atoms with Gasteiger partial charge in [0.15, 0.2) is 0 Å². The average molecular weight is 368 g/mol. The summed E-state index contributed by atoms with van der Waals surface area (Å²) in [6.45, 7) is 3.26.